The lowest BCUT2D eigenvalue weighted by Gasteiger charge is -2.32. The lowest BCUT2D eigenvalue weighted by atomic mass is 9.89. The van der Waals surface area contributed by atoms with Crippen molar-refractivity contribution < 1.29 is 14.3 Å². The van der Waals surface area contributed by atoms with Gasteiger partial charge in [-0.05, 0) is 82.3 Å². The number of thiophene rings is 1. The fourth-order valence-electron chi connectivity index (χ4n) is 5.63. The number of carbonyl (C=O) groups is 1. The summed E-state index contributed by atoms with van der Waals surface area (Å²) in [5.41, 5.74) is 9.96. The Labute approximate surface area is 238 Å². The molecular formula is C31H35N5O3S. The van der Waals surface area contributed by atoms with Gasteiger partial charge < -0.3 is 25.4 Å². The van der Waals surface area contributed by atoms with Crippen LogP contribution in [0.3, 0.4) is 0 Å². The molecule has 6 rings (SSSR count). The second-order valence-electron chi connectivity index (χ2n) is 10.9. The SMILES string of the molecule is COc1ccccc1-c1c(C(N)=O)sc2cnc(Nc3ccc(C4CCN(C5CC5)CC4)cc3OC(C)C)nc12. The predicted octanol–water partition coefficient (Wildman–Crippen LogP) is 6.34. The van der Waals surface area contributed by atoms with Crippen molar-refractivity contribution in [3.8, 4) is 22.6 Å². The highest BCUT2D eigenvalue weighted by molar-refractivity contribution is 7.21. The van der Waals surface area contributed by atoms with Crippen LogP contribution in [0.5, 0.6) is 11.5 Å². The molecule has 1 saturated heterocycles. The Hall–Kier alpha value is -3.69. The van der Waals surface area contributed by atoms with E-state index in [4.69, 9.17) is 20.2 Å². The zero-order valence-electron chi connectivity index (χ0n) is 23.1. The topological polar surface area (TPSA) is 103 Å². The van der Waals surface area contributed by atoms with E-state index in [1.54, 1.807) is 13.3 Å². The molecule has 1 aliphatic heterocycles. The van der Waals surface area contributed by atoms with Crippen LogP contribution in [0.25, 0.3) is 21.3 Å². The smallest absolute Gasteiger partial charge is 0.259 e. The number of amides is 1. The average molecular weight is 558 g/mol. The van der Waals surface area contributed by atoms with Crippen LogP contribution in [0.1, 0.15) is 60.7 Å². The van der Waals surface area contributed by atoms with Gasteiger partial charge in [-0.3, -0.25) is 4.79 Å². The first-order chi connectivity index (χ1) is 19.4. The largest absolute Gasteiger partial charge is 0.496 e. The van der Waals surface area contributed by atoms with E-state index in [1.165, 1.54) is 55.7 Å². The van der Waals surface area contributed by atoms with Gasteiger partial charge in [0.2, 0.25) is 5.95 Å². The number of carbonyl (C=O) groups excluding carboxylic acids is 1. The molecule has 2 aromatic carbocycles. The number of nitrogens with two attached hydrogens (primary N) is 1. The van der Waals surface area contributed by atoms with E-state index < -0.39 is 5.91 Å². The molecule has 1 aliphatic carbocycles. The second-order valence-corrected chi connectivity index (χ2v) is 11.9. The molecule has 1 amide bonds. The number of hydrogen-bond donors (Lipinski definition) is 2. The molecule has 2 aliphatic rings. The van der Waals surface area contributed by atoms with Gasteiger partial charge in [0.25, 0.3) is 5.91 Å². The van der Waals surface area contributed by atoms with E-state index in [0.29, 0.717) is 33.6 Å². The highest BCUT2D eigenvalue weighted by Crippen LogP contribution is 2.42. The number of piperidine rings is 1. The zero-order valence-corrected chi connectivity index (χ0v) is 24.0. The number of rotatable bonds is 9. The fraction of sp³-hybridized carbons (Fsp3) is 0.387. The van der Waals surface area contributed by atoms with E-state index >= 15 is 0 Å². The summed E-state index contributed by atoms with van der Waals surface area (Å²) in [4.78, 5) is 24.9. The molecular weight excluding hydrogens is 522 g/mol. The summed E-state index contributed by atoms with van der Waals surface area (Å²) in [6.45, 7) is 6.41. The monoisotopic (exact) mass is 557 g/mol. The lowest BCUT2D eigenvalue weighted by molar-refractivity contribution is 0.100. The number of fused-ring (bicyclic) bond motifs is 1. The number of ether oxygens (including phenoxy) is 2. The van der Waals surface area contributed by atoms with Crippen molar-refractivity contribution in [2.45, 2.75) is 57.6 Å². The Morgan fingerprint density at radius 2 is 1.88 bits per heavy atom. The molecule has 2 fully saturated rings. The van der Waals surface area contributed by atoms with E-state index in [2.05, 4.69) is 33.4 Å². The molecule has 0 unspecified atom stereocenters. The minimum absolute atomic E-state index is 0.0167. The van der Waals surface area contributed by atoms with E-state index in [1.807, 2.05) is 38.1 Å². The molecule has 0 bridgehead atoms. The maximum atomic E-state index is 12.4. The Morgan fingerprint density at radius 1 is 1.10 bits per heavy atom. The number of anilines is 2. The molecule has 0 radical (unpaired) electrons. The summed E-state index contributed by atoms with van der Waals surface area (Å²) < 4.78 is 12.6. The molecule has 9 heteroatoms. The molecule has 3 N–H and O–H groups in total. The maximum absolute atomic E-state index is 12.4. The van der Waals surface area contributed by atoms with E-state index in [-0.39, 0.29) is 6.10 Å². The molecule has 1 saturated carbocycles. The van der Waals surface area contributed by atoms with Gasteiger partial charge in [0.1, 0.15) is 16.4 Å². The summed E-state index contributed by atoms with van der Waals surface area (Å²) in [7, 11) is 1.61. The van der Waals surface area contributed by atoms with Gasteiger partial charge in [0.05, 0.1) is 35.3 Å². The number of primary amides is 1. The molecule has 3 heterocycles. The predicted molar refractivity (Wildman–Crippen MR) is 160 cm³/mol. The number of nitrogens with zero attached hydrogens (tertiary/aromatic N) is 3. The van der Waals surface area contributed by atoms with Crippen molar-refractivity contribution in [3.05, 3.63) is 59.1 Å². The standard InChI is InChI=1S/C31H35N5O3S/c1-18(2)39-25-16-20(19-12-14-36(15-13-19)21-9-10-21)8-11-23(25)34-31-33-17-26-28(35-31)27(29(40-26)30(32)37)22-6-4-5-7-24(22)38-3/h4-8,11,16-19,21H,9-10,12-15H2,1-3H3,(H2,32,37)(H,33,34,35). The highest BCUT2D eigenvalue weighted by Gasteiger charge is 2.32. The fourth-order valence-corrected chi connectivity index (χ4v) is 6.61. The second kappa shape index (κ2) is 11.1. The number of para-hydroxylation sites is 1. The number of benzene rings is 2. The normalized spacial score (nSPS) is 16.4. The summed E-state index contributed by atoms with van der Waals surface area (Å²) in [5, 5.41) is 3.38. The maximum Gasteiger partial charge on any atom is 0.259 e. The van der Waals surface area contributed by atoms with Crippen molar-refractivity contribution in [2.75, 3.05) is 25.5 Å². The summed E-state index contributed by atoms with van der Waals surface area (Å²) in [6.07, 6.45) is 6.82. The lowest BCUT2D eigenvalue weighted by Crippen LogP contribution is -2.34. The first-order valence-electron chi connectivity index (χ1n) is 14.0. The van der Waals surface area contributed by atoms with Crippen molar-refractivity contribution in [2.24, 2.45) is 5.73 Å². The molecule has 208 valence electrons. The van der Waals surface area contributed by atoms with Crippen molar-refractivity contribution in [1.82, 2.24) is 14.9 Å². The van der Waals surface area contributed by atoms with Crippen molar-refractivity contribution in [3.63, 3.8) is 0 Å². The van der Waals surface area contributed by atoms with Crippen LogP contribution in [0.2, 0.25) is 0 Å². The molecule has 40 heavy (non-hydrogen) atoms. The van der Waals surface area contributed by atoms with Gasteiger partial charge in [0, 0.05) is 17.2 Å². The summed E-state index contributed by atoms with van der Waals surface area (Å²) >= 11 is 1.29. The van der Waals surface area contributed by atoms with Gasteiger partial charge in [-0.1, -0.05) is 24.3 Å². The summed E-state index contributed by atoms with van der Waals surface area (Å²) in [5.74, 6) is 1.87. The third-order valence-corrected chi connectivity index (χ3v) is 8.84. The van der Waals surface area contributed by atoms with Gasteiger partial charge in [-0.25, -0.2) is 9.97 Å². The Kier molecular flexibility index (Phi) is 7.33. The summed E-state index contributed by atoms with van der Waals surface area (Å²) in [6, 6.07) is 14.8. The van der Waals surface area contributed by atoms with Gasteiger partial charge in [-0.15, -0.1) is 11.3 Å². The number of methoxy groups -OCH3 is 1. The average Bonchev–Trinajstić information content (AvgIpc) is 3.74. The Balaban J connectivity index is 1.33. The quantitative estimate of drug-likeness (QED) is 0.248. The number of likely N-dealkylation sites (tertiary alicyclic amines) is 1. The molecule has 2 aromatic heterocycles. The van der Waals surface area contributed by atoms with Gasteiger partial charge in [-0.2, -0.15) is 0 Å². The van der Waals surface area contributed by atoms with Crippen LogP contribution in [-0.2, 0) is 0 Å². The van der Waals surface area contributed by atoms with Crippen LogP contribution in [0.15, 0.2) is 48.7 Å². The van der Waals surface area contributed by atoms with Crippen LogP contribution < -0.4 is 20.5 Å². The van der Waals surface area contributed by atoms with Crippen LogP contribution >= 0.6 is 11.3 Å². The first kappa shape index (κ1) is 26.5. The molecule has 8 nitrogen and oxygen atoms in total. The molecule has 0 atom stereocenters. The van der Waals surface area contributed by atoms with Crippen LogP contribution in [-0.4, -0.2) is 53.1 Å². The zero-order chi connectivity index (χ0) is 27.8. The minimum atomic E-state index is -0.510. The minimum Gasteiger partial charge on any atom is -0.496 e. The van der Waals surface area contributed by atoms with Gasteiger partial charge >= 0.3 is 0 Å². The Morgan fingerprint density at radius 3 is 2.58 bits per heavy atom. The number of nitrogens with one attached hydrogen (secondary N) is 1. The third-order valence-electron chi connectivity index (χ3n) is 7.71. The van der Waals surface area contributed by atoms with Gasteiger partial charge in [0.15, 0.2) is 0 Å². The Bertz CT molecular complexity index is 1540. The van der Waals surface area contributed by atoms with E-state index in [9.17, 15) is 4.79 Å². The third kappa shape index (κ3) is 5.36. The number of aromatic nitrogens is 2. The first-order valence-corrected chi connectivity index (χ1v) is 14.8. The van der Waals surface area contributed by atoms with E-state index in [0.717, 1.165) is 27.7 Å². The van der Waals surface area contributed by atoms with Crippen molar-refractivity contribution >= 4 is 39.1 Å². The van der Waals surface area contributed by atoms with Crippen LogP contribution in [0, 0.1) is 0 Å². The van der Waals surface area contributed by atoms with Crippen molar-refractivity contribution in [1.29, 1.82) is 0 Å². The highest BCUT2D eigenvalue weighted by atomic mass is 32.1. The molecule has 4 aromatic rings. The number of hydrogen-bond acceptors (Lipinski definition) is 8. The molecule has 0 spiro atoms. The van der Waals surface area contributed by atoms with Crippen LogP contribution in [0.4, 0.5) is 11.6 Å².